The first-order valence-corrected chi connectivity index (χ1v) is 7.49. The number of carbonyl (C=O) groups is 1. The van der Waals surface area contributed by atoms with Crippen molar-refractivity contribution in [3.63, 3.8) is 0 Å². The van der Waals surface area contributed by atoms with Gasteiger partial charge in [-0.05, 0) is 31.8 Å². The van der Waals surface area contributed by atoms with Gasteiger partial charge in [-0.25, -0.2) is 0 Å². The van der Waals surface area contributed by atoms with E-state index in [1.54, 1.807) is 0 Å². The zero-order valence-electron chi connectivity index (χ0n) is 11.8. The van der Waals surface area contributed by atoms with Gasteiger partial charge in [-0.2, -0.15) is 0 Å². The van der Waals surface area contributed by atoms with Gasteiger partial charge in [-0.1, -0.05) is 26.7 Å². The minimum atomic E-state index is 0.0913. The maximum atomic E-state index is 12.2. The van der Waals surface area contributed by atoms with Crippen molar-refractivity contribution in [3.8, 4) is 0 Å². The summed E-state index contributed by atoms with van der Waals surface area (Å²) in [7, 11) is 0. The molecule has 0 spiro atoms. The minimum Gasteiger partial charge on any atom is -0.328 e. The van der Waals surface area contributed by atoms with Crippen molar-refractivity contribution in [2.24, 2.45) is 5.92 Å². The normalized spacial score (nSPS) is 29.4. The lowest BCUT2D eigenvalue weighted by Crippen LogP contribution is -2.35. The summed E-state index contributed by atoms with van der Waals surface area (Å²) in [5.74, 6) is 1.01. The molecule has 0 aromatic carbocycles. The van der Waals surface area contributed by atoms with Gasteiger partial charge in [0.05, 0.1) is 12.7 Å². The van der Waals surface area contributed by atoms with E-state index in [1.807, 2.05) is 4.90 Å². The summed E-state index contributed by atoms with van der Waals surface area (Å²) >= 11 is 0. The molecule has 2 unspecified atom stereocenters. The fourth-order valence-electron chi connectivity index (χ4n) is 3.06. The number of amides is 1. The molecule has 4 nitrogen and oxygen atoms in total. The number of hydrogen-bond acceptors (Lipinski definition) is 3. The molecule has 0 bridgehead atoms. The van der Waals surface area contributed by atoms with Crippen molar-refractivity contribution in [2.45, 2.75) is 45.6 Å². The Morgan fingerprint density at radius 3 is 2.89 bits per heavy atom. The third-order valence-electron chi connectivity index (χ3n) is 4.28. The van der Waals surface area contributed by atoms with Crippen LogP contribution in [0.1, 0.15) is 39.5 Å². The molecule has 0 aliphatic carbocycles. The van der Waals surface area contributed by atoms with Crippen molar-refractivity contribution >= 4 is 5.91 Å². The topological polar surface area (TPSA) is 35.6 Å². The molecule has 0 aromatic heterocycles. The molecule has 2 rings (SSSR count). The first kappa shape index (κ1) is 13.8. The van der Waals surface area contributed by atoms with E-state index in [0.29, 0.717) is 11.8 Å². The van der Waals surface area contributed by atoms with Gasteiger partial charge < -0.3 is 9.80 Å². The second kappa shape index (κ2) is 6.53. The minimum absolute atomic E-state index is 0.0913. The lowest BCUT2D eigenvalue weighted by molar-refractivity contribution is -0.129. The molecule has 18 heavy (non-hydrogen) atoms. The molecule has 1 N–H and O–H groups in total. The zero-order valence-corrected chi connectivity index (χ0v) is 11.8. The number of nitrogens with zero attached hydrogens (tertiary/aromatic N) is 2. The predicted molar refractivity (Wildman–Crippen MR) is 73.2 cm³/mol. The maximum Gasteiger partial charge on any atom is 0.240 e. The van der Waals surface area contributed by atoms with Crippen molar-refractivity contribution in [1.82, 2.24) is 15.1 Å². The number of rotatable bonds is 6. The Morgan fingerprint density at radius 2 is 2.22 bits per heavy atom. The average molecular weight is 253 g/mol. The number of likely N-dealkylation sites (tertiary alicyclic amines) is 1. The smallest absolute Gasteiger partial charge is 0.240 e. The van der Waals surface area contributed by atoms with Crippen LogP contribution in [0.4, 0.5) is 0 Å². The molecule has 1 amide bonds. The van der Waals surface area contributed by atoms with Crippen LogP contribution in [0.25, 0.3) is 0 Å². The fraction of sp³-hybridized carbons (Fsp3) is 0.929. The predicted octanol–water partition coefficient (Wildman–Crippen LogP) is 1.28. The SMILES string of the molecule is CCCCC1NCN(CC2CCN(CC)C2)C1=O. The Kier molecular flexibility index (Phi) is 5.01. The second-order valence-corrected chi connectivity index (χ2v) is 5.67. The highest BCUT2D eigenvalue weighted by Gasteiger charge is 2.33. The van der Waals surface area contributed by atoms with Crippen molar-refractivity contribution < 1.29 is 4.79 Å². The van der Waals surface area contributed by atoms with Crippen LogP contribution in [0.5, 0.6) is 0 Å². The highest BCUT2D eigenvalue weighted by atomic mass is 16.2. The third-order valence-corrected chi connectivity index (χ3v) is 4.28. The van der Waals surface area contributed by atoms with Crippen LogP contribution >= 0.6 is 0 Å². The maximum absolute atomic E-state index is 12.2. The average Bonchev–Trinajstić information content (AvgIpc) is 2.96. The van der Waals surface area contributed by atoms with Crippen LogP contribution in [0.2, 0.25) is 0 Å². The van der Waals surface area contributed by atoms with Crippen LogP contribution in [0.3, 0.4) is 0 Å². The van der Waals surface area contributed by atoms with Gasteiger partial charge in [0, 0.05) is 13.1 Å². The number of unbranched alkanes of at least 4 members (excludes halogenated alkanes) is 1. The molecular weight excluding hydrogens is 226 g/mol. The Hall–Kier alpha value is -0.610. The molecule has 2 fully saturated rings. The lowest BCUT2D eigenvalue weighted by atomic mass is 10.1. The van der Waals surface area contributed by atoms with Crippen molar-refractivity contribution in [2.75, 3.05) is 32.8 Å². The van der Waals surface area contributed by atoms with E-state index in [4.69, 9.17) is 0 Å². The molecule has 2 saturated heterocycles. The Morgan fingerprint density at radius 1 is 1.39 bits per heavy atom. The standard InChI is InChI=1S/C14H27N3O/c1-3-5-6-13-14(18)17(11-15-13)10-12-7-8-16(4-2)9-12/h12-13,15H,3-11H2,1-2H3. The summed E-state index contributed by atoms with van der Waals surface area (Å²) in [6, 6.07) is 0.0913. The van der Waals surface area contributed by atoms with Gasteiger partial charge in [0.1, 0.15) is 0 Å². The molecule has 104 valence electrons. The summed E-state index contributed by atoms with van der Waals surface area (Å²) in [6.45, 7) is 9.61. The van der Waals surface area contributed by atoms with Gasteiger partial charge >= 0.3 is 0 Å². The number of nitrogens with one attached hydrogen (secondary N) is 1. The molecular formula is C14H27N3O. The number of hydrogen-bond donors (Lipinski definition) is 1. The summed E-state index contributed by atoms with van der Waals surface area (Å²) in [6.07, 6.45) is 4.55. The largest absolute Gasteiger partial charge is 0.328 e. The van der Waals surface area contributed by atoms with Crippen LogP contribution < -0.4 is 5.32 Å². The van der Waals surface area contributed by atoms with E-state index in [0.717, 1.165) is 32.6 Å². The molecule has 0 saturated carbocycles. The summed E-state index contributed by atoms with van der Waals surface area (Å²) in [5.41, 5.74) is 0. The Bertz CT molecular complexity index is 282. The fourth-order valence-corrected chi connectivity index (χ4v) is 3.06. The van der Waals surface area contributed by atoms with Gasteiger partial charge in [0.15, 0.2) is 0 Å². The summed E-state index contributed by atoms with van der Waals surface area (Å²) < 4.78 is 0. The number of carbonyl (C=O) groups excluding carboxylic acids is 1. The van der Waals surface area contributed by atoms with Crippen LogP contribution in [0, 0.1) is 5.92 Å². The monoisotopic (exact) mass is 253 g/mol. The van der Waals surface area contributed by atoms with Gasteiger partial charge in [0.2, 0.25) is 5.91 Å². The Balaban J connectivity index is 1.76. The third kappa shape index (κ3) is 3.23. The molecule has 0 radical (unpaired) electrons. The van der Waals surface area contributed by atoms with Gasteiger partial charge in [-0.3, -0.25) is 10.1 Å². The van der Waals surface area contributed by atoms with Crippen molar-refractivity contribution in [3.05, 3.63) is 0 Å². The first-order valence-electron chi connectivity index (χ1n) is 7.49. The summed E-state index contributed by atoms with van der Waals surface area (Å²) in [4.78, 5) is 16.7. The second-order valence-electron chi connectivity index (χ2n) is 5.67. The van der Waals surface area contributed by atoms with Crippen LogP contribution in [0.15, 0.2) is 0 Å². The van der Waals surface area contributed by atoms with Gasteiger partial charge in [-0.15, -0.1) is 0 Å². The Labute approximate surface area is 111 Å². The first-order chi connectivity index (χ1) is 8.74. The van der Waals surface area contributed by atoms with E-state index in [2.05, 4.69) is 24.1 Å². The van der Waals surface area contributed by atoms with Crippen LogP contribution in [-0.4, -0.2) is 54.6 Å². The van der Waals surface area contributed by atoms with Gasteiger partial charge in [0.25, 0.3) is 0 Å². The molecule has 2 heterocycles. The van der Waals surface area contributed by atoms with Crippen molar-refractivity contribution in [1.29, 1.82) is 0 Å². The molecule has 2 aliphatic rings. The van der Waals surface area contributed by atoms with E-state index in [-0.39, 0.29) is 6.04 Å². The van der Waals surface area contributed by atoms with E-state index < -0.39 is 0 Å². The summed E-state index contributed by atoms with van der Waals surface area (Å²) in [5, 5.41) is 3.35. The van der Waals surface area contributed by atoms with E-state index in [9.17, 15) is 4.79 Å². The quantitative estimate of drug-likeness (QED) is 0.774. The highest BCUT2D eigenvalue weighted by Crippen LogP contribution is 2.19. The highest BCUT2D eigenvalue weighted by molar-refractivity contribution is 5.83. The molecule has 2 atom stereocenters. The molecule has 2 aliphatic heterocycles. The zero-order chi connectivity index (χ0) is 13.0. The van der Waals surface area contributed by atoms with E-state index in [1.165, 1.54) is 25.9 Å². The lowest BCUT2D eigenvalue weighted by Gasteiger charge is -2.20. The van der Waals surface area contributed by atoms with E-state index >= 15 is 0 Å². The molecule has 4 heteroatoms. The van der Waals surface area contributed by atoms with Crippen LogP contribution in [-0.2, 0) is 4.79 Å². The molecule has 0 aromatic rings.